The third-order valence-electron chi connectivity index (χ3n) is 10.1. The van der Waals surface area contributed by atoms with Crippen LogP contribution in [0.1, 0.15) is 11.1 Å². The fourth-order valence-corrected chi connectivity index (χ4v) is 8.14. The van der Waals surface area contributed by atoms with Gasteiger partial charge in [0.05, 0.1) is 0 Å². The molecule has 0 heteroatoms. The maximum atomic E-state index is 2.51. The molecule has 0 nitrogen and oxygen atoms in total. The molecule has 0 radical (unpaired) electrons. The monoisotopic (exact) mass is 556 g/mol. The van der Waals surface area contributed by atoms with Gasteiger partial charge in [-0.25, -0.2) is 0 Å². The number of aryl methyl sites for hydroxylation is 2. The quantitative estimate of drug-likeness (QED) is 0.190. The van der Waals surface area contributed by atoms with Crippen LogP contribution in [-0.2, 0) is 12.8 Å². The highest BCUT2D eigenvalue weighted by atomic mass is 14.3. The van der Waals surface area contributed by atoms with E-state index in [2.05, 4.69) is 146 Å². The van der Waals surface area contributed by atoms with Crippen LogP contribution in [0.5, 0.6) is 0 Å². The Morgan fingerprint density at radius 3 is 1.45 bits per heavy atom. The highest BCUT2D eigenvalue weighted by Gasteiger charge is 2.23. The van der Waals surface area contributed by atoms with E-state index in [9.17, 15) is 0 Å². The van der Waals surface area contributed by atoms with Crippen molar-refractivity contribution in [1.29, 1.82) is 0 Å². The minimum atomic E-state index is 1.09. The predicted octanol–water partition coefficient (Wildman–Crippen LogP) is 12.0. The summed E-state index contributed by atoms with van der Waals surface area (Å²) in [4.78, 5) is 0. The zero-order valence-electron chi connectivity index (χ0n) is 24.3. The first-order valence-corrected chi connectivity index (χ1v) is 15.7. The largest absolute Gasteiger partial charge is 0.0622 e. The molecule has 0 bridgehead atoms. The first-order chi connectivity index (χ1) is 21.8. The van der Waals surface area contributed by atoms with Gasteiger partial charge in [-0.3, -0.25) is 0 Å². The minimum Gasteiger partial charge on any atom is -0.0622 e. The Balaban J connectivity index is 1.41. The molecule has 10 rings (SSSR count). The average molecular weight is 557 g/mol. The Hall–Kier alpha value is -5.46. The van der Waals surface area contributed by atoms with Gasteiger partial charge >= 0.3 is 0 Å². The lowest BCUT2D eigenvalue weighted by atomic mass is 9.79. The van der Waals surface area contributed by atoms with Crippen molar-refractivity contribution in [3.63, 3.8) is 0 Å². The summed E-state index contributed by atoms with van der Waals surface area (Å²) in [6, 6.07) is 54.6. The van der Waals surface area contributed by atoms with Gasteiger partial charge in [0.1, 0.15) is 0 Å². The van der Waals surface area contributed by atoms with Gasteiger partial charge in [-0.05, 0) is 123 Å². The van der Waals surface area contributed by atoms with Gasteiger partial charge in [-0.2, -0.15) is 0 Å². The normalized spacial score (nSPS) is 12.8. The van der Waals surface area contributed by atoms with Crippen LogP contribution in [0.25, 0.3) is 87.2 Å². The van der Waals surface area contributed by atoms with Crippen molar-refractivity contribution in [1.82, 2.24) is 0 Å². The zero-order chi connectivity index (χ0) is 28.8. The van der Waals surface area contributed by atoms with Gasteiger partial charge in [0.25, 0.3) is 0 Å². The second kappa shape index (κ2) is 9.02. The molecule has 9 aromatic rings. The van der Waals surface area contributed by atoms with Crippen LogP contribution >= 0.6 is 0 Å². The Morgan fingerprint density at radius 2 is 0.773 bits per heavy atom. The van der Waals surface area contributed by atoms with Gasteiger partial charge in [0.2, 0.25) is 0 Å². The minimum absolute atomic E-state index is 1.09. The van der Waals surface area contributed by atoms with E-state index in [0.29, 0.717) is 0 Å². The Bertz CT molecular complexity index is 2570. The second-order valence-corrected chi connectivity index (χ2v) is 12.3. The van der Waals surface area contributed by atoms with E-state index in [4.69, 9.17) is 0 Å². The third-order valence-corrected chi connectivity index (χ3v) is 10.1. The van der Waals surface area contributed by atoms with Crippen molar-refractivity contribution < 1.29 is 0 Å². The molecule has 0 heterocycles. The summed E-state index contributed by atoms with van der Waals surface area (Å²) in [6.07, 6.45) is 2.18. The molecular weight excluding hydrogens is 528 g/mol. The van der Waals surface area contributed by atoms with E-state index in [0.717, 1.165) is 12.8 Å². The van der Waals surface area contributed by atoms with Crippen molar-refractivity contribution in [2.45, 2.75) is 12.8 Å². The third kappa shape index (κ3) is 3.28. The molecule has 0 spiro atoms. The molecule has 0 saturated heterocycles. The molecule has 0 fully saturated rings. The van der Waals surface area contributed by atoms with Crippen LogP contribution in [0.15, 0.2) is 146 Å². The maximum Gasteiger partial charge on any atom is -0.00201 e. The average Bonchev–Trinajstić information content (AvgIpc) is 3.10. The molecule has 0 aliphatic heterocycles. The van der Waals surface area contributed by atoms with Crippen LogP contribution in [0, 0.1) is 0 Å². The second-order valence-electron chi connectivity index (χ2n) is 12.3. The first kappa shape index (κ1) is 24.0. The standard InChI is InChI=1S/C44H28/c1-3-9-27(10-4-1)33-23-21-31-19-17-29-13-7-15-35-37(25-39(33)43(31)41(29)35)38-26-40-34(28-11-5-2-6-12-28)24-22-32-20-18-30-14-8-16-36(38)42(30)44(32)40/h1-17,19,21-26H,18,20H2. The molecule has 204 valence electrons. The molecule has 0 unspecified atom stereocenters. The fourth-order valence-electron chi connectivity index (χ4n) is 8.14. The van der Waals surface area contributed by atoms with Gasteiger partial charge in [0.15, 0.2) is 0 Å². The van der Waals surface area contributed by atoms with Crippen molar-refractivity contribution in [2.24, 2.45) is 0 Å². The molecule has 0 saturated carbocycles. The van der Waals surface area contributed by atoms with Crippen LogP contribution in [0.4, 0.5) is 0 Å². The van der Waals surface area contributed by atoms with Crippen molar-refractivity contribution in [3.05, 3.63) is 157 Å². The fraction of sp³-hybridized carbons (Fsp3) is 0.0455. The summed E-state index contributed by atoms with van der Waals surface area (Å²) in [6.45, 7) is 0. The lowest BCUT2D eigenvalue weighted by Crippen LogP contribution is -2.03. The summed E-state index contributed by atoms with van der Waals surface area (Å²) in [7, 11) is 0. The van der Waals surface area contributed by atoms with E-state index in [1.54, 1.807) is 0 Å². The molecule has 0 N–H and O–H groups in total. The Kier molecular flexibility index (Phi) is 4.93. The zero-order valence-corrected chi connectivity index (χ0v) is 24.3. The van der Waals surface area contributed by atoms with Crippen molar-refractivity contribution in [3.8, 4) is 33.4 Å². The van der Waals surface area contributed by atoms with E-state index in [1.807, 2.05) is 0 Å². The Morgan fingerprint density at radius 1 is 0.295 bits per heavy atom. The van der Waals surface area contributed by atoms with Crippen LogP contribution in [0.3, 0.4) is 0 Å². The highest BCUT2D eigenvalue weighted by Crippen LogP contribution is 2.48. The summed E-state index contributed by atoms with van der Waals surface area (Å²) in [5.41, 5.74) is 10.7. The molecule has 1 aliphatic carbocycles. The maximum absolute atomic E-state index is 2.51. The summed E-state index contributed by atoms with van der Waals surface area (Å²) >= 11 is 0. The Labute approximate surface area is 256 Å². The van der Waals surface area contributed by atoms with Gasteiger partial charge in [-0.1, -0.05) is 133 Å². The summed E-state index contributed by atoms with van der Waals surface area (Å²) in [5.74, 6) is 0. The number of hydrogen-bond donors (Lipinski definition) is 0. The molecule has 44 heavy (non-hydrogen) atoms. The molecule has 0 atom stereocenters. The van der Waals surface area contributed by atoms with E-state index in [1.165, 1.54) is 98.4 Å². The summed E-state index contributed by atoms with van der Waals surface area (Å²) in [5, 5.41) is 13.6. The number of benzene rings is 9. The number of hydrogen-bond acceptors (Lipinski definition) is 0. The van der Waals surface area contributed by atoms with Crippen molar-refractivity contribution >= 4 is 53.9 Å². The molecule has 1 aliphatic rings. The van der Waals surface area contributed by atoms with Crippen LogP contribution in [0.2, 0.25) is 0 Å². The lowest BCUT2D eigenvalue weighted by molar-refractivity contribution is 0.968. The number of rotatable bonds is 3. The first-order valence-electron chi connectivity index (χ1n) is 15.7. The van der Waals surface area contributed by atoms with Gasteiger partial charge in [-0.15, -0.1) is 0 Å². The molecule has 9 aromatic carbocycles. The molecule has 0 amide bonds. The van der Waals surface area contributed by atoms with E-state index >= 15 is 0 Å². The van der Waals surface area contributed by atoms with Gasteiger partial charge in [0, 0.05) is 0 Å². The van der Waals surface area contributed by atoms with E-state index < -0.39 is 0 Å². The molecular formula is C44H28. The topological polar surface area (TPSA) is 0 Å². The van der Waals surface area contributed by atoms with E-state index in [-0.39, 0.29) is 0 Å². The smallest absolute Gasteiger partial charge is 0.00201 e. The highest BCUT2D eigenvalue weighted by molar-refractivity contribution is 6.30. The predicted molar refractivity (Wildman–Crippen MR) is 189 cm³/mol. The SMILES string of the molecule is c1ccc(-c2ccc3c4c2cc(-c2cc5c(-c6ccccc6)ccc6ccc7cccc2c7c65)c2cccc(c24)CC3)cc1. The molecule has 0 aromatic heterocycles. The van der Waals surface area contributed by atoms with Gasteiger partial charge < -0.3 is 0 Å². The summed E-state index contributed by atoms with van der Waals surface area (Å²) < 4.78 is 0. The van der Waals surface area contributed by atoms with Crippen LogP contribution in [-0.4, -0.2) is 0 Å². The van der Waals surface area contributed by atoms with Crippen molar-refractivity contribution in [2.75, 3.05) is 0 Å². The lowest BCUT2D eigenvalue weighted by Gasteiger charge is -2.24. The van der Waals surface area contributed by atoms with Crippen LogP contribution < -0.4 is 0 Å².